The summed E-state index contributed by atoms with van der Waals surface area (Å²) >= 11 is 0. The largest absolute Gasteiger partial charge is 0.364 e. The Morgan fingerprint density at radius 2 is 1.83 bits per heavy atom. The number of rotatable bonds is 6. The lowest BCUT2D eigenvalue weighted by Gasteiger charge is -2.40. The summed E-state index contributed by atoms with van der Waals surface area (Å²) in [7, 11) is 0. The topological polar surface area (TPSA) is 84.7 Å². The highest BCUT2D eigenvalue weighted by atomic mass is 16.5. The van der Waals surface area contributed by atoms with Crippen molar-refractivity contribution < 1.29 is 14.3 Å². The molecule has 6 nitrogen and oxygen atoms in total. The fraction of sp³-hybridized carbons (Fsp3) is 0.882. The number of nitrogens with one attached hydrogen (secondary N) is 1. The summed E-state index contributed by atoms with van der Waals surface area (Å²) in [5.41, 5.74) is 4.87. The Bertz CT molecular complexity index is 417. The Balaban J connectivity index is 2.09. The van der Waals surface area contributed by atoms with Gasteiger partial charge in [-0.1, -0.05) is 19.3 Å². The Morgan fingerprint density at radius 3 is 2.35 bits per heavy atom. The number of carbonyl (C=O) groups excluding carboxylic acids is 2. The molecular weight excluding hydrogens is 294 g/mol. The van der Waals surface area contributed by atoms with E-state index >= 15 is 0 Å². The van der Waals surface area contributed by atoms with Gasteiger partial charge in [0, 0.05) is 19.6 Å². The summed E-state index contributed by atoms with van der Waals surface area (Å²) in [4.78, 5) is 27.5. The van der Waals surface area contributed by atoms with Crippen LogP contribution in [-0.2, 0) is 14.3 Å². The Morgan fingerprint density at radius 1 is 1.17 bits per heavy atom. The lowest BCUT2D eigenvalue weighted by molar-refractivity contribution is -0.146. The first-order valence-electron chi connectivity index (χ1n) is 9.03. The molecule has 1 saturated carbocycles. The van der Waals surface area contributed by atoms with Crippen LogP contribution in [0.5, 0.6) is 0 Å². The normalized spacial score (nSPS) is 26.7. The van der Waals surface area contributed by atoms with Crippen molar-refractivity contribution in [2.45, 2.75) is 76.5 Å². The van der Waals surface area contributed by atoms with Crippen molar-refractivity contribution in [3.8, 4) is 0 Å². The maximum absolute atomic E-state index is 13.0. The second-order valence-electron chi connectivity index (χ2n) is 6.67. The maximum atomic E-state index is 13.0. The van der Waals surface area contributed by atoms with Gasteiger partial charge in [0.05, 0.1) is 6.10 Å². The monoisotopic (exact) mass is 325 g/mol. The Kier molecular flexibility index (Phi) is 6.41. The van der Waals surface area contributed by atoms with Gasteiger partial charge in [-0.3, -0.25) is 9.59 Å². The molecule has 6 heteroatoms. The van der Waals surface area contributed by atoms with Crippen molar-refractivity contribution >= 4 is 11.8 Å². The molecule has 0 aromatic heterocycles. The highest BCUT2D eigenvalue weighted by Crippen LogP contribution is 2.31. The fourth-order valence-corrected chi connectivity index (χ4v) is 3.75. The number of hydrogen-bond acceptors (Lipinski definition) is 4. The van der Waals surface area contributed by atoms with Gasteiger partial charge in [0.1, 0.15) is 11.6 Å². The van der Waals surface area contributed by atoms with Crippen LogP contribution in [0.4, 0.5) is 0 Å². The van der Waals surface area contributed by atoms with E-state index < -0.39 is 11.6 Å². The summed E-state index contributed by atoms with van der Waals surface area (Å²) in [5.74, 6) is -0.0905. The average molecular weight is 325 g/mol. The van der Waals surface area contributed by atoms with Gasteiger partial charge < -0.3 is 20.7 Å². The third kappa shape index (κ3) is 4.04. The van der Waals surface area contributed by atoms with Gasteiger partial charge in [-0.2, -0.15) is 0 Å². The van der Waals surface area contributed by atoms with E-state index in [0.29, 0.717) is 26.1 Å². The standard InChI is InChI=1S/C17H31N3O3/c1-3-20(4-2)16(22)17(10-6-5-7-11-17)19-15(21)14-9-8-13(12-18)23-14/h13-14H,3-12,18H2,1-2H3,(H,19,21)/t13-,14+/m1/s1. The van der Waals surface area contributed by atoms with E-state index in [9.17, 15) is 9.59 Å². The van der Waals surface area contributed by atoms with E-state index in [1.165, 1.54) is 0 Å². The van der Waals surface area contributed by atoms with E-state index in [1.54, 1.807) is 0 Å². The van der Waals surface area contributed by atoms with Crippen LogP contribution in [0.1, 0.15) is 58.8 Å². The molecule has 2 rings (SSSR count). The zero-order chi connectivity index (χ0) is 16.9. The molecule has 23 heavy (non-hydrogen) atoms. The van der Waals surface area contributed by atoms with Crippen LogP contribution in [0.2, 0.25) is 0 Å². The van der Waals surface area contributed by atoms with Gasteiger partial charge in [0.15, 0.2) is 0 Å². The summed E-state index contributed by atoms with van der Waals surface area (Å²) < 4.78 is 5.69. The van der Waals surface area contributed by atoms with Crippen molar-refractivity contribution in [3.63, 3.8) is 0 Å². The maximum Gasteiger partial charge on any atom is 0.250 e. The number of nitrogens with zero attached hydrogens (tertiary/aromatic N) is 1. The average Bonchev–Trinajstić information content (AvgIpc) is 3.06. The van der Waals surface area contributed by atoms with E-state index in [-0.39, 0.29) is 17.9 Å². The number of hydrogen-bond donors (Lipinski definition) is 2. The van der Waals surface area contributed by atoms with Gasteiger partial charge in [-0.15, -0.1) is 0 Å². The zero-order valence-corrected chi connectivity index (χ0v) is 14.5. The quantitative estimate of drug-likeness (QED) is 0.768. The molecular formula is C17H31N3O3. The van der Waals surface area contributed by atoms with Crippen LogP contribution in [-0.4, -0.2) is 54.1 Å². The fourth-order valence-electron chi connectivity index (χ4n) is 3.75. The van der Waals surface area contributed by atoms with Crippen LogP contribution in [0.3, 0.4) is 0 Å². The number of nitrogens with two attached hydrogens (primary N) is 1. The Labute approximate surface area is 139 Å². The van der Waals surface area contributed by atoms with E-state index in [2.05, 4.69) is 5.32 Å². The molecule has 2 fully saturated rings. The SMILES string of the molecule is CCN(CC)C(=O)C1(NC(=O)[C@@H]2CC[C@H](CN)O2)CCCCC1. The predicted octanol–water partition coefficient (Wildman–Crippen LogP) is 1.18. The summed E-state index contributed by atoms with van der Waals surface area (Å²) in [6.45, 7) is 5.73. The molecule has 0 spiro atoms. The Hall–Kier alpha value is -1.14. The number of ether oxygens (including phenoxy) is 1. The summed E-state index contributed by atoms with van der Waals surface area (Å²) in [6.07, 6.45) is 5.52. The highest BCUT2D eigenvalue weighted by molar-refractivity contribution is 5.93. The van der Waals surface area contributed by atoms with Crippen LogP contribution in [0, 0.1) is 0 Å². The lowest BCUT2D eigenvalue weighted by Crippen LogP contribution is -2.62. The molecule has 2 aliphatic rings. The first kappa shape index (κ1) is 18.2. The molecule has 132 valence electrons. The molecule has 2 atom stereocenters. The van der Waals surface area contributed by atoms with E-state index in [0.717, 1.165) is 38.5 Å². The first-order chi connectivity index (χ1) is 11.1. The lowest BCUT2D eigenvalue weighted by atomic mass is 9.80. The van der Waals surface area contributed by atoms with Crippen molar-refractivity contribution in [1.29, 1.82) is 0 Å². The molecule has 1 aliphatic carbocycles. The molecule has 0 bridgehead atoms. The van der Waals surface area contributed by atoms with Gasteiger partial charge in [-0.25, -0.2) is 0 Å². The second-order valence-corrected chi connectivity index (χ2v) is 6.67. The minimum atomic E-state index is -0.745. The second kappa shape index (κ2) is 8.11. The van der Waals surface area contributed by atoms with Crippen LogP contribution in [0.25, 0.3) is 0 Å². The third-order valence-electron chi connectivity index (χ3n) is 5.19. The van der Waals surface area contributed by atoms with Crippen LogP contribution < -0.4 is 11.1 Å². The third-order valence-corrected chi connectivity index (χ3v) is 5.19. The molecule has 2 amide bonds. The van der Waals surface area contributed by atoms with Crippen LogP contribution in [0.15, 0.2) is 0 Å². The number of carbonyl (C=O) groups is 2. The summed E-state index contributed by atoms with van der Waals surface area (Å²) in [6, 6.07) is 0. The van der Waals surface area contributed by atoms with E-state index in [4.69, 9.17) is 10.5 Å². The van der Waals surface area contributed by atoms with Crippen molar-refractivity contribution in [1.82, 2.24) is 10.2 Å². The molecule has 0 aromatic carbocycles. The summed E-state index contributed by atoms with van der Waals surface area (Å²) in [5, 5.41) is 3.07. The molecule has 1 heterocycles. The van der Waals surface area contributed by atoms with Crippen molar-refractivity contribution in [2.24, 2.45) is 5.73 Å². The molecule has 1 saturated heterocycles. The van der Waals surface area contributed by atoms with Gasteiger partial charge in [0.2, 0.25) is 11.8 Å². The van der Waals surface area contributed by atoms with Gasteiger partial charge in [-0.05, 0) is 39.5 Å². The number of likely N-dealkylation sites (N-methyl/N-ethyl adjacent to an activating group) is 1. The number of amides is 2. The van der Waals surface area contributed by atoms with Crippen molar-refractivity contribution in [2.75, 3.05) is 19.6 Å². The van der Waals surface area contributed by atoms with Crippen LogP contribution >= 0.6 is 0 Å². The molecule has 1 aliphatic heterocycles. The minimum absolute atomic E-state index is 0.0356. The zero-order valence-electron chi connectivity index (χ0n) is 14.5. The van der Waals surface area contributed by atoms with Gasteiger partial charge >= 0.3 is 0 Å². The first-order valence-corrected chi connectivity index (χ1v) is 9.03. The highest BCUT2D eigenvalue weighted by Gasteiger charge is 2.44. The molecule has 0 unspecified atom stereocenters. The predicted molar refractivity (Wildman–Crippen MR) is 88.8 cm³/mol. The molecule has 3 N–H and O–H groups in total. The molecule has 0 aromatic rings. The van der Waals surface area contributed by atoms with E-state index in [1.807, 2.05) is 18.7 Å². The smallest absolute Gasteiger partial charge is 0.250 e. The minimum Gasteiger partial charge on any atom is -0.364 e. The van der Waals surface area contributed by atoms with Crippen molar-refractivity contribution in [3.05, 3.63) is 0 Å². The molecule has 0 radical (unpaired) electrons. The van der Waals surface area contributed by atoms with Gasteiger partial charge in [0.25, 0.3) is 0 Å².